The van der Waals surface area contributed by atoms with Crippen LogP contribution in [0.25, 0.3) is 0 Å². The van der Waals surface area contributed by atoms with Crippen LogP contribution in [-0.4, -0.2) is 82.7 Å². The Hall–Kier alpha value is -2.66. The van der Waals surface area contributed by atoms with Gasteiger partial charge in [0.15, 0.2) is 0 Å². The molecule has 2 aliphatic carbocycles. The predicted molar refractivity (Wildman–Crippen MR) is 186 cm³/mol. The molecule has 2 aromatic rings. The summed E-state index contributed by atoms with van der Waals surface area (Å²) >= 11 is 6.44. The average Bonchev–Trinajstić information content (AvgIpc) is 3.17. The monoisotopic (exact) mass is 699 g/mol. The number of rotatable bonds is 4. The van der Waals surface area contributed by atoms with E-state index in [1.807, 2.05) is 25.1 Å². The van der Waals surface area contributed by atoms with Crippen LogP contribution in [0.3, 0.4) is 0 Å². The highest BCUT2D eigenvalue weighted by Crippen LogP contribution is 2.47. The molecule has 0 radical (unpaired) electrons. The Morgan fingerprint density at radius 2 is 1.96 bits per heavy atom. The smallest absolute Gasteiger partial charge is 0.264 e. The maximum atomic E-state index is 13.5. The highest BCUT2D eigenvalue weighted by molar-refractivity contribution is 7.90. The van der Waals surface area contributed by atoms with Gasteiger partial charge in [-0.05, 0) is 105 Å². The third-order valence-electron chi connectivity index (χ3n) is 11.6. The summed E-state index contributed by atoms with van der Waals surface area (Å²) in [5, 5.41) is -0.0479. The van der Waals surface area contributed by atoms with Crippen LogP contribution in [-0.2, 0) is 26.6 Å². The van der Waals surface area contributed by atoms with E-state index in [1.165, 1.54) is 11.1 Å². The zero-order valence-electron chi connectivity index (χ0n) is 27.9. The Balaban J connectivity index is 1.24. The van der Waals surface area contributed by atoms with Crippen molar-refractivity contribution in [3.05, 3.63) is 70.3 Å². The molecule has 1 N–H and O–H groups in total. The van der Waals surface area contributed by atoms with E-state index in [4.69, 9.17) is 21.1 Å². The van der Waals surface area contributed by atoms with Crippen molar-refractivity contribution in [3.8, 4) is 5.75 Å². The number of nitrogens with one attached hydrogen (secondary N) is 1. The molecule has 1 amide bonds. The van der Waals surface area contributed by atoms with Crippen molar-refractivity contribution in [1.82, 2.24) is 9.62 Å². The molecule has 7 rings (SSSR count). The Labute approximate surface area is 289 Å². The van der Waals surface area contributed by atoms with Crippen LogP contribution in [0.4, 0.5) is 10.1 Å². The van der Waals surface area contributed by atoms with Gasteiger partial charge in [-0.25, -0.2) is 17.5 Å². The molecule has 48 heavy (non-hydrogen) atoms. The van der Waals surface area contributed by atoms with Crippen molar-refractivity contribution in [2.45, 2.75) is 75.3 Å². The van der Waals surface area contributed by atoms with Gasteiger partial charge in [0.2, 0.25) is 10.0 Å². The standard InChI is InChI=1S/C37H47ClFN3O5S/c1-24-5-3-7-34(46-16-15-41-20-30(39)21-41)31-11-8-28(31)19-42-22-37(14-4-6-26-17-29(38)10-12-32(26)37)23-47-35-13-9-27(18-33(35)42)36(43)40-48(44,45)25(24)2/h3,7,9-10,12-13,17-18,24-25,28,30-31,34H,4-6,8,11,14-16,19-23H2,1-2H3,(H,40,43)/b7-3+/t24?,25?,28-,31+,34?,37-/m0/s1. The first-order chi connectivity index (χ1) is 23.0. The molecule has 3 unspecified atom stereocenters. The number of hydrogen-bond donors (Lipinski definition) is 1. The largest absolute Gasteiger partial charge is 0.490 e. The van der Waals surface area contributed by atoms with Crippen molar-refractivity contribution >= 4 is 33.2 Å². The topological polar surface area (TPSA) is 88.2 Å². The van der Waals surface area contributed by atoms with Gasteiger partial charge >= 0.3 is 0 Å². The van der Waals surface area contributed by atoms with Gasteiger partial charge in [0.05, 0.1) is 30.3 Å². The first kappa shape index (κ1) is 33.8. The van der Waals surface area contributed by atoms with E-state index in [9.17, 15) is 17.6 Å². The van der Waals surface area contributed by atoms with Crippen molar-refractivity contribution in [2.24, 2.45) is 17.8 Å². The molecule has 2 bridgehead atoms. The highest BCUT2D eigenvalue weighted by Gasteiger charge is 2.45. The molecule has 0 aromatic heterocycles. The third kappa shape index (κ3) is 6.74. The van der Waals surface area contributed by atoms with E-state index in [-0.39, 0.29) is 28.9 Å². The van der Waals surface area contributed by atoms with Gasteiger partial charge in [-0.1, -0.05) is 36.7 Å². The molecule has 3 aliphatic heterocycles. The minimum Gasteiger partial charge on any atom is -0.490 e. The zero-order valence-corrected chi connectivity index (χ0v) is 29.4. The molecule has 5 aliphatic rings. The number of benzene rings is 2. The van der Waals surface area contributed by atoms with E-state index in [1.54, 1.807) is 19.1 Å². The predicted octanol–water partition coefficient (Wildman–Crippen LogP) is 5.92. The second kappa shape index (κ2) is 13.6. The molecule has 2 fully saturated rings. The summed E-state index contributed by atoms with van der Waals surface area (Å²) in [6, 6.07) is 11.5. The summed E-state index contributed by atoms with van der Waals surface area (Å²) in [4.78, 5) is 17.9. The average molecular weight is 700 g/mol. The number of likely N-dealkylation sites (tertiary alicyclic amines) is 1. The number of hydrogen-bond acceptors (Lipinski definition) is 7. The molecule has 6 atom stereocenters. The Morgan fingerprint density at radius 1 is 1.12 bits per heavy atom. The number of alkyl halides is 1. The van der Waals surface area contributed by atoms with Gasteiger partial charge in [0, 0.05) is 48.7 Å². The summed E-state index contributed by atoms with van der Waals surface area (Å²) in [5.74, 6) is 0.466. The van der Waals surface area contributed by atoms with E-state index < -0.39 is 27.4 Å². The first-order valence-corrected chi connectivity index (χ1v) is 19.5. The van der Waals surface area contributed by atoms with Crippen molar-refractivity contribution in [1.29, 1.82) is 0 Å². The van der Waals surface area contributed by atoms with Crippen LogP contribution in [0.15, 0.2) is 48.6 Å². The maximum Gasteiger partial charge on any atom is 0.264 e. The minimum atomic E-state index is -3.94. The van der Waals surface area contributed by atoms with E-state index in [0.717, 1.165) is 49.4 Å². The summed E-state index contributed by atoms with van der Waals surface area (Å²) in [6.07, 6.45) is 8.88. The number of amides is 1. The second-order valence-corrected chi connectivity index (χ2v) is 17.3. The zero-order chi connectivity index (χ0) is 33.6. The van der Waals surface area contributed by atoms with Crippen LogP contribution < -0.4 is 14.4 Å². The van der Waals surface area contributed by atoms with Gasteiger partial charge in [-0.3, -0.25) is 9.69 Å². The molecular formula is C37H47ClFN3O5S. The number of allylic oxidation sites excluding steroid dienone is 1. The SMILES string of the molecule is CC1C/C=C/C(OCCN2CC(F)C2)[C@@H]2CC[C@H]2CN2C[C@@]3(CCCc4cc(Cl)ccc43)COc3ccc(cc32)C(=O)NS(=O)(=O)C1C. The van der Waals surface area contributed by atoms with Crippen LogP contribution in [0, 0.1) is 17.8 Å². The molecule has 1 saturated carbocycles. The van der Waals surface area contributed by atoms with E-state index >= 15 is 0 Å². The van der Waals surface area contributed by atoms with Gasteiger partial charge in [-0.2, -0.15) is 0 Å². The Morgan fingerprint density at radius 3 is 2.73 bits per heavy atom. The molecule has 2 aromatic carbocycles. The van der Waals surface area contributed by atoms with Crippen LogP contribution in [0.1, 0.15) is 67.4 Å². The minimum absolute atomic E-state index is 0.126. The normalized spacial score (nSPS) is 32.9. The van der Waals surface area contributed by atoms with Gasteiger partial charge in [-0.15, -0.1) is 0 Å². The fraction of sp³-hybridized carbons (Fsp3) is 0.595. The lowest BCUT2D eigenvalue weighted by Crippen LogP contribution is -2.51. The number of carbonyl (C=O) groups is 1. The number of aryl methyl sites for hydroxylation is 1. The lowest BCUT2D eigenvalue weighted by atomic mass is 9.68. The van der Waals surface area contributed by atoms with Crippen LogP contribution >= 0.6 is 11.6 Å². The van der Waals surface area contributed by atoms with Crippen molar-refractivity contribution in [2.75, 3.05) is 50.8 Å². The quantitative estimate of drug-likeness (QED) is 0.397. The molecular weight excluding hydrogens is 653 g/mol. The maximum absolute atomic E-state index is 13.5. The van der Waals surface area contributed by atoms with Gasteiger partial charge in [0.1, 0.15) is 11.9 Å². The van der Waals surface area contributed by atoms with E-state index in [0.29, 0.717) is 57.5 Å². The lowest BCUT2D eigenvalue weighted by molar-refractivity contribution is -0.0339. The molecule has 1 spiro atoms. The number of anilines is 1. The number of ether oxygens (including phenoxy) is 2. The Bertz CT molecular complexity index is 1670. The molecule has 11 heteroatoms. The fourth-order valence-corrected chi connectivity index (χ4v) is 9.81. The van der Waals surface area contributed by atoms with Crippen LogP contribution in [0.5, 0.6) is 5.75 Å². The number of nitrogens with zero attached hydrogens (tertiary/aromatic N) is 2. The number of fused-ring (bicyclic) bond motifs is 4. The number of carbonyl (C=O) groups excluding carboxylic acids is 1. The first-order valence-electron chi connectivity index (χ1n) is 17.5. The summed E-state index contributed by atoms with van der Waals surface area (Å²) in [7, 11) is -3.94. The molecule has 8 nitrogen and oxygen atoms in total. The Kier molecular flexibility index (Phi) is 9.56. The van der Waals surface area contributed by atoms with Crippen molar-refractivity contribution < 1.29 is 27.1 Å². The third-order valence-corrected chi connectivity index (χ3v) is 13.8. The van der Waals surface area contributed by atoms with Crippen LogP contribution in [0.2, 0.25) is 5.02 Å². The summed E-state index contributed by atoms with van der Waals surface area (Å²) in [5.41, 5.74) is 3.35. The second-order valence-electron chi connectivity index (χ2n) is 14.8. The van der Waals surface area contributed by atoms with Gasteiger partial charge < -0.3 is 14.4 Å². The highest BCUT2D eigenvalue weighted by atomic mass is 35.5. The number of halogens is 2. The lowest BCUT2D eigenvalue weighted by Gasteiger charge is -2.46. The molecule has 3 heterocycles. The molecule has 260 valence electrons. The van der Waals surface area contributed by atoms with Gasteiger partial charge in [0.25, 0.3) is 5.91 Å². The summed E-state index contributed by atoms with van der Waals surface area (Å²) in [6.45, 7) is 7.65. The van der Waals surface area contributed by atoms with E-state index in [2.05, 4.69) is 32.7 Å². The van der Waals surface area contributed by atoms with Crippen molar-refractivity contribution in [3.63, 3.8) is 0 Å². The number of sulfonamides is 1. The molecule has 1 saturated heterocycles. The fourth-order valence-electron chi connectivity index (χ4n) is 8.33. The summed E-state index contributed by atoms with van der Waals surface area (Å²) < 4.78 is 55.7.